The zero-order chi connectivity index (χ0) is 13.4. The summed E-state index contributed by atoms with van der Waals surface area (Å²) >= 11 is 2.08. The SMILES string of the molecule is C=C1C(I)=C[C-]=C(c2cc(F)c(F)c(F)c2)N1C.[Y]. The van der Waals surface area contributed by atoms with Crippen LogP contribution in [0.5, 0.6) is 0 Å². The van der Waals surface area contributed by atoms with Gasteiger partial charge in [-0.3, -0.25) is 0 Å². The fourth-order valence-electron chi connectivity index (χ4n) is 1.58. The molecule has 0 spiro atoms. The van der Waals surface area contributed by atoms with Crippen LogP contribution in [-0.4, -0.2) is 11.9 Å². The second kappa shape index (κ2) is 6.54. The molecule has 1 aromatic rings. The van der Waals surface area contributed by atoms with E-state index >= 15 is 0 Å². The fourth-order valence-corrected chi connectivity index (χ4v) is 2.09. The van der Waals surface area contributed by atoms with Crippen molar-refractivity contribution in [2.75, 3.05) is 7.05 Å². The maximum Gasteiger partial charge on any atom is 0.192 e. The van der Waals surface area contributed by atoms with E-state index in [1.54, 1.807) is 18.0 Å². The van der Waals surface area contributed by atoms with Crippen molar-refractivity contribution in [3.63, 3.8) is 0 Å². The molecular formula is C13H8F3INY-. The van der Waals surface area contributed by atoms with Crippen LogP contribution in [0.3, 0.4) is 0 Å². The average molecular weight is 451 g/mol. The molecule has 2 rings (SSSR count). The van der Waals surface area contributed by atoms with Crippen molar-refractivity contribution in [3.05, 3.63) is 63.2 Å². The molecule has 0 unspecified atom stereocenters. The fraction of sp³-hybridized carbons (Fsp3) is 0.0769. The second-order valence-corrected chi connectivity index (χ2v) is 4.91. The van der Waals surface area contributed by atoms with Gasteiger partial charge in [-0.2, -0.15) is 12.2 Å². The maximum atomic E-state index is 13.2. The van der Waals surface area contributed by atoms with E-state index in [2.05, 4.69) is 35.2 Å². The summed E-state index contributed by atoms with van der Waals surface area (Å²) in [7, 11) is 1.70. The van der Waals surface area contributed by atoms with Gasteiger partial charge in [0.05, 0.1) is 0 Å². The number of halogens is 4. The first-order chi connectivity index (χ1) is 8.41. The average Bonchev–Trinajstić information content (AvgIpc) is 2.33. The van der Waals surface area contributed by atoms with Crippen LogP contribution in [0.15, 0.2) is 34.1 Å². The quantitative estimate of drug-likeness (QED) is 0.355. The summed E-state index contributed by atoms with van der Waals surface area (Å²) in [6.07, 6.45) is 4.56. The van der Waals surface area contributed by atoms with Gasteiger partial charge in [0.25, 0.3) is 0 Å². The summed E-state index contributed by atoms with van der Waals surface area (Å²) in [6.45, 7) is 3.84. The van der Waals surface area contributed by atoms with Gasteiger partial charge < -0.3 is 4.90 Å². The molecule has 1 radical (unpaired) electrons. The van der Waals surface area contributed by atoms with Gasteiger partial charge >= 0.3 is 0 Å². The molecule has 0 N–H and O–H groups in total. The van der Waals surface area contributed by atoms with Crippen LogP contribution < -0.4 is 0 Å². The number of hydrogen-bond acceptors (Lipinski definition) is 1. The Bertz CT molecular complexity index is 573. The van der Waals surface area contributed by atoms with Gasteiger partial charge in [0.15, 0.2) is 17.5 Å². The van der Waals surface area contributed by atoms with Crippen LogP contribution in [0.25, 0.3) is 5.70 Å². The molecule has 1 nitrogen and oxygen atoms in total. The van der Waals surface area contributed by atoms with E-state index in [1.807, 2.05) is 0 Å². The predicted molar refractivity (Wildman–Crippen MR) is 72.0 cm³/mol. The Balaban J connectivity index is 0.00000180. The van der Waals surface area contributed by atoms with Gasteiger partial charge in [0, 0.05) is 39.8 Å². The molecule has 97 valence electrons. The molecular weight excluding hydrogens is 443 g/mol. The van der Waals surface area contributed by atoms with Crippen LogP contribution in [-0.2, 0) is 32.7 Å². The summed E-state index contributed by atoms with van der Waals surface area (Å²) in [5.41, 5.74) is 1.35. The number of nitrogens with zero attached hydrogens (tertiary/aromatic N) is 1. The topological polar surface area (TPSA) is 3.24 Å². The number of hydrogen-bond donors (Lipinski definition) is 0. The molecule has 1 aliphatic rings. The first-order valence-corrected chi connectivity index (χ1v) is 6.06. The minimum Gasteiger partial charge on any atom is -0.378 e. The Kier molecular flexibility index (Phi) is 5.83. The van der Waals surface area contributed by atoms with Gasteiger partial charge in [0.1, 0.15) is 0 Å². The molecule has 0 saturated heterocycles. The molecule has 0 fully saturated rings. The molecule has 1 aliphatic heterocycles. The molecule has 0 bridgehead atoms. The largest absolute Gasteiger partial charge is 0.378 e. The van der Waals surface area contributed by atoms with Crippen molar-refractivity contribution >= 4 is 28.3 Å². The minimum atomic E-state index is -1.47. The monoisotopic (exact) mass is 451 g/mol. The van der Waals surface area contributed by atoms with E-state index in [-0.39, 0.29) is 38.3 Å². The second-order valence-electron chi connectivity index (χ2n) is 3.74. The van der Waals surface area contributed by atoms with Crippen molar-refractivity contribution in [2.24, 2.45) is 0 Å². The molecule has 0 amide bonds. The smallest absolute Gasteiger partial charge is 0.192 e. The molecule has 1 aromatic carbocycles. The van der Waals surface area contributed by atoms with E-state index in [9.17, 15) is 13.2 Å². The third-order valence-corrected chi connectivity index (χ3v) is 3.54. The number of likely N-dealkylation sites (N-methyl/N-ethyl adjacent to an activating group) is 1. The number of rotatable bonds is 1. The molecule has 0 aromatic heterocycles. The predicted octanol–water partition coefficient (Wildman–Crippen LogP) is 4.02. The first kappa shape index (κ1) is 16.9. The Morgan fingerprint density at radius 2 is 1.74 bits per heavy atom. The van der Waals surface area contributed by atoms with E-state index in [1.165, 1.54) is 0 Å². The Hall–Kier alpha value is -0.136. The normalized spacial score (nSPS) is 14.8. The van der Waals surface area contributed by atoms with Gasteiger partial charge in [-0.25, -0.2) is 13.2 Å². The van der Waals surface area contributed by atoms with Crippen LogP contribution in [0.2, 0.25) is 0 Å². The first-order valence-electron chi connectivity index (χ1n) is 4.99. The zero-order valence-electron chi connectivity index (χ0n) is 9.98. The van der Waals surface area contributed by atoms with Crippen LogP contribution in [0.4, 0.5) is 13.2 Å². The van der Waals surface area contributed by atoms with Gasteiger partial charge in [0.2, 0.25) is 0 Å². The Labute approximate surface area is 148 Å². The molecule has 19 heavy (non-hydrogen) atoms. The van der Waals surface area contributed by atoms with Crippen LogP contribution in [0.1, 0.15) is 5.56 Å². The third-order valence-electron chi connectivity index (χ3n) is 2.61. The van der Waals surface area contributed by atoms with Crippen molar-refractivity contribution in [1.82, 2.24) is 4.90 Å². The summed E-state index contributed by atoms with van der Waals surface area (Å²) < 4.78 is 40.1. The van der Waals surface area contributed by atoms with Gasteiger partial charge in [-0.15, -0.1) is 22.6 Å². The summed E-state index contributed by atoms with van der Waals surface area (Å²) in [5, 5.41) is 0. The molecule has 0 aliphatic carbocycles. The van der Waals surface area contributed by atoms with Gasteiger partial charge in [-0.05, 0) is 5.70 Å². The number of allylic oxidation sites excluding steroid dienone is 3. The summed E-state index contributed by atoms with van der Waals surface area (Å²) in [6, 6.07) is 1.88. The van der Waals surface area contributed by atoms with E-state index in [0.29, 0.717) is 11.4 Å². The van der Waals surface area contributed by atoms with Crippen molar-refractivity contribution in [2.45, 2.75) is 0 Å². The summed E-state index contributed by atoms with van der Waals surface area (Å²) in [4.78, 5) is 1.65. The van der Waals surface area contributed by atoms with Crippen LogP contribution in [0, 0.1) is 23.5 Å². The number of benzene rings is 1. The molecule has 0 atom stereocenters. The van der Waals surface area contributed by atoms with E-state index in [4.69, 9.17) is 0 Å². The van der Waals surface area contributed by atoms with Crippen molar-refractivity contribution in [3.8, 4) is 0 Å². The molecule has 6 heteroatoms. The Morgan fingerprint density at radius 1 is 1.21 bits per heavy atom. The summed E-state index contributed by atoms with van der Waals surface area (Å²) in [5.74, 6) is -3.91. The standard InChI is InChI=1S/C13H8F3IN.Y/c1-7-11(17)3-4-12(18(7)2)8-5-9(14)13(16)10(15)6-8;/h3,5-6H,1H2,2H3;/q-1;. The van der Waals surface area contributed by atoms with Crippen molar-refractivity contribution in [1.29, 1.82) is 0 Å². The van der Waals surface area contributed by atoms with Crippen LogP contribution >= 0.6 is 22.6 Å². The molecule has 1 heterocycles. The Morgan fingerprint density at radius 3 is 2.26 bits per heavy atom. The van der Waals surface area contributed by atoms with E-state index in [0.717, 1.165) is 15.7 Å². The van der Waals surface area contributed by atoms with Gasteiger partial charge in [-0.1, -0.05) is 33.6 Å². The van der Waals surface area contributed by atoms with Crippen molar-refractivity contribution < 1.29 is 45.9 Å². The van der Waals surface area contributed by atoms with E-state index < -0.39 is 17.5 Å². The maximum absolute atomic E-state index is 13.2. The third kappa shape index (κ3) is 3.31. The zero-order valence-corrected chi connectivity index (χ0v) is 15.0. The molecule has 0 saturated carbocycles. The minimum absolute atomic E-state index is 0.